The van der Waals surface area contributed by atoms with Gasteiger partial charge in [0.15, 0.2) is 0 Å². The van der Waals surface area contributed by atoms with Crippen LogP contribution < -0.4 is 0 Å². The summed E-state index contributed by atoms with van der Waals surface area (Å²) >= 11 is 0. The van der Waals surface area contributed by atoms with Gasteiger partial charge in [0.25, 0.3) is 0 Å². The zero-order chi connectivity index (χ0) is 13.1. The average molecular weight is 250 g/mol. The Balaban J connectivity index is 2.15. The number of carboxylic acid groups (broad SMARTS) is 1. The summed E-state index contributed by atoms with van der Waals surface area (Å²) in [7, 11) is 0. The third kappa shape index (κ3) is 2.71. The Kier molecular flexibility index (Phi) is 3.36. The van der Waals surface area contributed by atoms with Crippen molar-refractivity contribution in [3.63, 3.8) is 0 Å². The predicted octanol–water partition coefficient (Wildman–Crippen LogP) is 2.14. The van der Waals surface area contributed by atoms with Crippen molar-refractivity contribution in [2.24, 2.45) is 5.92 Å². The summed E-state index contributed by atoms with van der Waals surface area (Å²) in [6.07, 6.45) is 0.170. The van der Waals surface area contributed by atoms with Gasteiger partial charge in [-0.25, -0.2) is 4.39 Å². The van der Waals surface area contributed by atoms with Crippen LogP contribution in [0.4, 0.5) is 4.39 Å². The first-order chi connectivity index (χ1) is 8.56. The van der Waals surface area contributed by atoms with Gasteiger partial charge in [0.05, 0.1) is 5.92 Å². The number of nitrogens with zero attached hydrogens (tertiary/aromatic N) is 2. The zero-order valence-corrected chi connectivity index (χ0v) is 9.63. The van der Waals surface area contributed by atoms with Gasteiger partial charge in [0.2, 0.25) is 11.8 Å². The van der Waals surface area contributed by atoms with Crippen LogP contribution in [0.2, 0.25) is 0 Å². The molecule has 2 rings (SSSR count). The van der Waals surface area contributed by atoms with Gasteiger partial charge >= 0.3 is 5.97 Å². The van der Waals surface area contributed by atoms with Gasteiger partial charge in [-0.2, -0.15) is 0 Å². The van der Waals surface area contributed by atoms with Crippen molar-refractivity contribution in [2.75, 3.05) is 0 Å². The SMILES string of the molecule is CC(Cc1nnc(-c2ccc(F)cc2)o1)C(=O)O. The second-order valence-electron chi connectivity index (χ2n) is 3.95. The van der Waals surface area contributed by atoms with Gasteiger partial charge in [-0.15, -0.1) is 10.2 Å². The van der Waals surface area contributed by atoms with E-state index in [1.54, 1.807) is 6.92 Å². The van der Waals surface area contributed by atoms with Gasteiger partial charge in [0.1, 0.15) is 5.82 Å². The third-order valence-electron chi connectivity index (χ3n) is 2.46. The van der Waals surface area contributed by atoms with Crippen molar-refractivity contribution in [2.45, 2.75) is 13.3 Å². The fraction of sp³-hybridized carbons (Fsp3) is 0.250. The number of carbonyl (C=O) groups is 1. The zero-order valence-electron chi connectivity index (χ0n) is 9.63. The number of rotatable bonds is 4. The van der Waals surface area contributed by atoms with E-state index in [4.69, 9.17) is 9.52 Å². The van der Waals surface area contributed by atoms with Crippen LogP contribution in [-0.4, -0.2) is 21.3 Å². The molecule has 0 aliphatic heterocycles. The summed E-state index contributed by atoms with van der Waals surface area (Å²) in [5.74, 6) is -1.35. The first-order valence-corrected chi connectivity index (χ1v) is 5.37. The van der Waals surface area contributed by atoms with E-state index in [1.807, 2.05) is 0 Å². The minimum absolute atomic E-state index is 0.170. The molecule has 18 heavy (non-hydrogen) atoms. The highest BCUT2D eigenvalue weighted by Gasteiger charge is 2.16. The summed E-state index contributed by atoms with van der Waals surface area (Å²) in [4.78, 5) is 10.7. The number of benzene rings is 1. The molecule has 5 nitrogen and oxygen atoms in total. The van der Waals surface area contributed by atoms with E-state index in [0.717, 1.165) is 0 Å². The Morgan fingerprint density at radius 3 is 2.67 bits per heavy atom. The highest BCUT2D eigenvalue weighted by Crippen LogP contribution is 2.19. The number of hydrogen-bond acceptors (Lipinski definition) is 4. The Morgan fingerprint density at radius 1 is 1.39 bits per heavy atom. The van der Waals surface area contributed by atoms with Crippen molar-refractivity contribution < 1.29 is 18.7 Å². The Bertz CT molecular complexity index is 551. The van der Waals surface area contributed by atoms with Gasteiger partial charge in [-0.3, -0.25) is 4.79 Å². The summed E-state index contributed by atoms with van der Waals surface area (Å²) in [6, 6.07) is 5.62. The monoisotopic (exact) mass is 250 g/mol. The second-order valence-corrected chi connectivity index (χ2v) is 3.95. The minimum atomic E-state index is -0.920. The van der Waals surface area contributed by atoms with Crippen molar-refractivity contribution in [1.29, 1.82) is 0 Å². The van der Waals surface area contributed by atoms with E-state index in [0.29, 0.717) is 5.56 Å². The standard InChI is InChI=1S/C12H11FN2O3/c1-7(12(16)17)6-10-14-15-11(18-10)8-2-4-9(13)5-3-8/h2-5,7H,6H2,1H3,(H,16,17). The molecule has 0 radical (unpaired) electrons. The van der Waals surface area contributed by atoms with Gasteiger partial charge < -0.3 is 9.52 Å². The fourth-order valence-corrected chi connectivity index (χ4v) is 1.39. The van der Waals surface area contributed by atoms with Crippen molar-refractivity contribution in [3.8, 4) is 11.5 Å². The van der Waals surface area contributed by atoms with Crippen molar-refractivity contribution in [3.05, 3.63) is 36.0 Å². The molecule has 1 heterocycles. The van der Waals surface area contributed by atoms with Gasteiger partial charge in [-0.1, -0.05) is 6.92 Å². The molecule has 0 amide bonds. The summed E-state index contributed by atoms with van der Waals surface area (Å²) in [6.45, 7) is 1.56. The van der Waals surface area contributed by atoms with Gasteiger partial charge in [-0.05, 0) is 24.3 Å². The molecule has 1 aromatic heterocycles. The van der Waals surface area contributed by atoms with E-state index in [-0.39, 0.29) is 24.0 Å². The van der Waals surface area contributed by atoms with E-state index in [9.17, 15) is 9.18 Å². The van der Waals surface area contributed by atoms with Crippen LogP contribution in [0.25, 0.3) is 11.5 Å². The maximum Gasteiger partial charge on any atom is 0.306 e. The van der Waals surface area contributed by atoms with Crippen molar-refractivity contribution >= 4 is 5.97 Å². The smallest absolute Gasteiger partial charge is 0.306 e. The topological polar surface area (TPSA) is 76.2 Å². The van der Waals surface area contributed by atoms with E-state index < -0.39 is 11.9 Å². The largest absolute Gasteiger partial charge is 0.481 e. The molecule has 94 valence electrons. The molecular weight excluding hydrogens is 239 g/mol. The third-order valence-corrected chi connectivity index (χ3v) is 2.46. The van der Waals surface area contributed by atoms with Crippen LogP contribution >= 0.6 is 0 Å². The molecule has 6 heteroatoms. The first-order valence-electron chi connectivity index (χ1n) is 5.37. The van der Waals surface area contributed by atoms with Gasteiger partial charge in [0, 0.05) is 12.0 Å². The lowest BCUT2D eigenvalue weighted by Gasteiger charge is -2.00. The molecule has 0 fully saturated rings. The number of aliphatic carboxylic acids is 1. The van der Waals surface area contributed by atoms with Crippen LogP contribution in [0.3, 0.4) is 0 Å². The lowest BCUT2D eigenvalue weighted by Crippen LogP contribution is -2.12. The van der Waals surface area contributed by atoms with Crippen LogP contribution in [0.15, 0.2) is 28.7 Å². The highest BCUT2D eigenvalue weighted by atomic mass is 19.1. The Hall–Kier alpha value is -2.24. The highest BCUT2D eigenvalue weighted by molar-refractivity contribution is 5.69. The number of carboxylic acids is 1. The van der Waals surface area contributed by atoms with E-state index in [2.05, 4.69) is 10.2 Å². The Labute approximate surface area is 102 Å². The molecule has 0 saturated heterocycles. The molecule has 0 saturated carbocycles. The van der Waals surface area contributed by atoms with Crippen molar-refractivity contribution in [1.82, 2.24) is 10.2 Å². The van der Waals surface area contributed by atoms with E-state index in [1.165, 1.54) is 24.3 Å². The summed E-state index contributed by atoms with van der Waals surface area (Å²) in [5, 5.41) is 16.3. The fourth-order valence-electron chi connectivity index (χ4n) is 1.39. The second kappa shape index (κ2) is 4.95. The molecule has 0 aliphatic rings. The number of halogens is 1. The predicted molar refractivity (Wildman–Crippen MR) is 60.2 cm³/mol. The number of aromatic nitrogens is 2. The maximum atomic E-state index is 12.7. The lowest BCUT2D eigenvalue weighted by molar-refractivity contribution is -0.141. The summed E-state index contributed by atoms with van der Waals surface area (Å²) < 4.78 is 18.1. The molecule has 0 spiro atoms. The Morgan fingerprint density at radius 2 is 2.06 bits per heavy atom. The molecule has 1 atom stereocenters. The quantitative estimate of drug-likeness (QED) is 0.899. The van der Waals surface area contributed by atoms with Crippen LogP contribution in [-0.2, 0) is 11.2 Å². The molecular formula is C12H11FN2O3. The van der Waals surface area contributed by atoms with E-state index >= 15 is 0 Å². The maximum absolute atomic E-state index is 12.7. The van der Waals surface area contributed by atoms with Crippen LogP contribution in [0.1, 0.15) is 12.8 Å². The normalized spacial score (nSPS) is 12.3. The first kappa shape index (κ1) is 12.2. The lowest BCUT2D eigenvalue weighted by atomic mass is 10.1. The molecule has 1 aromatic carbocycles. The van der Waals surface area contributed by atoms with Crippen LogP contribution in [0, 0.1) is 11.7 Å². The minimum Gasteiger partial charge on any atom is -0.481 e. The molecule has 2 aromatic rings. The average Bonchev–Trinajstić information content (AvgIpc) is 2.78. The molecule has 1 N–H and O–H groups in total. The number of hydrogen-bond donors (Lipinski definition) is 1. The molecule has 0 aliphatic carbocycles. The van der Waals surface area contributed by atoms with Crippen LogP contribution in [0.5, 0.6) is 0 Å². The molecule has 0 bridgehead atoms. The molecule has 1 unspecified atom stereocenters. The summed E-state index contributed by atoms with van der Waals surface area (Å²) in [5.41, 5.74) is 0.595.